The highest BCUT2D eigenvalue weighted by Crippen LogP contribution is 2.54. The van der Waals surface area contributed by atoms with Crippen LogP contribution >= 0.6 is 11.3 Å². The first-order chi connectivity index (χ1) is 27.5. The molecule has 0 N–H and O–H groups in total. The summed E-state index contributed by atoms with van der Waals surface area (Å²) in [6.07, 6.45) is 7.08. The number of thiophene rings is 1. The maximum Gasteiger partial charge on any atom is 0.0361 e. The smallest absolute Gasteiger partial charge is 0.0361 e. The third-order valence-electron chi connectivity index (χ3n) is 12.9. The van der Waals surface area contributed by atoms with E-state index in [-0.39, 0.29) is 5.41 Å². The lowest BCUT2D eigenvalue weighted by Crippen LogP contribution is -2.31. The Labute approximate surface area is 330 Å². The van der Waals surface area contributed by atoms with Crippen molar-refractivity contribution in [2.75, 3.05) is 0 Å². The third kappa shape index (κ3) is 4.47. The first kappa shape index (κ1) is 32.0. The first-order valence-electron chi connectivity index (χ1n) is 19.9. The number of benzene rings is 9. The first-order valence-corrected chi connectivity index (χ1v) is 20.7. The molecule has 2 aliphatic rings. The summed E-state index contributed by atoms with van der Waals surface area (Å²) in [4.78, 5) is 0. The maximum atomic E-state index is 2.50. The molecule has 1 aromatic heterocycles. The van der Waals surface area contributed by atoms with Crippen LogP contribution < -0.4 is 10.4 Å². The predicted molar refractivity (Wildman–Crippen MR) is 243 cm³/mol. The summed E-state index contributed by atoms with van der Waals surface area (Å²) in [5, 5.41) is 13.3. The highest BCUT2D eigenvalue weighted by molar-refractivity contribution is 7.25. The van der Waals surface area contributed by atoms with Crippen LogP contribution in [0.25, 0.3) is 109 Å². The zero-order chi connectivity index (χ0) is 37.1. The van der Waals surface area contributed by atoms with Crippen molar-refractivity contribution < 1.29 is 0 Å². The van der Waals surface area contributed by atoms with Crippen molar-refractivity contribution in [3.63, 3.8) is 0 Å². The summed E-state index contributed by atoms with van der Waals surface area (Å²) in [5.74, 6) is 0. The Morgan fingerprint density at radius 2 is 1.04 bits per heavy atom. The molecule has 0 nitrogen and oxygen atoms in total. The predicted octanol–water partition coefficient (Wildman–Crippen LogP) is 14.2. The topological polar surface area (TPSA) is 0 Å². The zero-order valence-electron chi connectivity index (χ0n) is 31.5. The molecule has 9 aromatic carbocycles. The second-order valence-electron chi connectivity index (χ2n) is 16.2. The molecule has 0 spiro atoms. The molecule has 0 saturated heterocycles. The van der Waals surface area contributed by atoms with Gasteiger partial charge in [-0.15, -0.1) is 11.3 Å². The van der Waals surface area contributed by atoms with Crippen LogP contribution in [0.1, 0.15) is 37.8 Å². The Bertz CT molecular complexity index is 3420. The second kappa shape index (κ2) is 11.9. The SMILES string of the molecule is CC1(C)c2ccccc2-c2cc(-c3ccc(-c4c5c(c(-c6cccc7ccccc67)c6ccccc46)=CCCC=5)cc3)c3cc4c(cc3c21)sc1ccccc14. The van der Waals surface area contributed by atoms with Gasteiger partial charge in [0, 0.05) is 25.6 Å². The Morgan fingerprint density at radius 3 is 1.86 bits per heavy atom. The molecule has 0 aliphatic heterocycles. The Hall–Kier alpha value is -6.28. The van der Waals surface area contributed by atoms with E-state index in [0.29, 0.717) is 0 Å². The lowest BCUT2D eigenvalue weighted by molar-refractivity contribution is 0.666. The molecule has 264 valence electrons. The van der Waals surface area contributed by atoms with E-state index in [4.69, 9.17) is 0 Å². The van der Waals surface area contributed by atoms with Gasteiger partial charge in [0.05, 0.1) is 0 Å². The van der Waals surface area contributed by atoms with Gasteiger partial charge in [0.2, 0.25) is 0 Å². The van der Waals surface area contributed by atoms with Gasteiger partial charge >= 0.3 is 0 Å². The Kier molecular flexibility index (Phi) is 6.78. The van der Waals surface area contributed by atoms with Gasteiger partial charge in [-0.1, -0.05) is 159 Å². The minimum atomic E-state index is -0.0945. The fourth-order valence-electron chi connectivity index (χ4n) is 10.4. The van der Waals surface area contributed by atoms with Crippen molar-refractivity contribution in [3.8, 4) is 44.5 Å². The second-order valence-corrected chi connectivity index (χ2v) is 17.3. The van der Waals surface area contributed by atoms with Crippen molar-refractivity contribution in [2.45, 2.75) is 32.1 Å². The van der Waals surface area contributed by atoms with E-state index in [2.05, 4.69) is 184 Å². The summed E-state index contributed by atoms with van der Waals surface area (Å²) in [6.45, 7) is 4.82. The van der Waals surface area contributed by atoms with Crippen LogP contribution in [-0.4, -0.2) is 0 Å². The summed E-state index contributed by atoms with van der Waals surface area (Å²) < 4.78 is 2.70. The molecule has 2 aliphatic carbocycles. The molecular formula is C55H38S. The van der Waals surface area contributed by atoms with Crippen molar-refractivity contribution in [1.29, 1.82) is 0 Å². The van der Waals surface area contributed by atoms with Gasteiger partial charge in [-0.25, -0.2) is 0 Å². The molecule has 0 amide bonds. The van der Waals surface area contributed by atoms with Crippen molar-refractivity contribution >= 4 is 76.0 Å². The minimum Gasteiger partial charge on any atom is -0.135 e. The van der Waals surface area contributed by atoms with Crippen LogP contribution in [-0.2, 0) is 5.41 Å². The molecule has 0 radical (unpaired) electrons. The van der Waals surface area contributed by atoms with E-state index in [1.165, 1.54) is 119 Å². The third-order valence-corrected chi connectivity index (χ3v) is 14.0. The number of hydrogen-bond acceptors (Lipinski definition) is 1. The normalized spacial score (nSPS) is 14.2. The molecule has 0 saturated carbocycles. The van der Waals surface area contributed by atoms with E-state index < -0.39 is 0 Å². The molecule has 0 unspecified atom stereocenters. The monoisotopic (exact) mass is 730 g/mol. The average Bonchev–Trinajstić information content (AvgIpc) is 3.72. The lowest BCUT2D eigenvalue weighted by Gasteiger charge is -2.24. The molecule has 1 heteroatoms. The van der Waals surface area contributed by atoms with Gasteiger partial charge < -0.3 is 0 Å². The van der Waals surface area contributed by atoms with E-state index in [0.717, 1.165) is 12.8 Å². The molecule has 1 heterocycles. The maximum absolute atomic E-state index is 2.50. The van der Waals surface area contributed by atoms with Crippen molar-refractivity contribution in [2.24, 2.45) is 0 Å². The van der Waals surface area contributed by atoms with E-state index >= 15 is 0 Å². The molecule has 10 aromatic rings. The largest absolute Gasteiger partial charge is 0.135 e. The van der Waals surface area contributed by atoms with Crippen molar-refractivity contribution in [1.82, 2.24) is 0 Å². The molecular weight excluding hydrogens is 693 g/mol. The number of fused-ring (bicyclic) bond motifs is 11. The minimum absolute atomic E-state index is 0.0945. The average molecular weight is 731 g/mol. The zero-order valence-corrected chi connectivity index (χ0v) is 32.3. The Morgan fingerprint density at radius 1 is 0.411 bits per heavy atom. The molecule has 0 bridgehead atoms. The van der Waals surface area contributed by atoms with Crippen LogP contribution in [0.5, 0.6) is 0 Å². The van der Waals surface area contributed by atoms with Gasteiger partial charge in [-0.2, -0.15) is 0 Å². The van der Waals surface area contributed by atoms with Crippen LogP contribution in [0, 0.1) is 0 Å². The van der Waals surface area contributed by atoms with Gasteiger partial charge in [-0.05, 0) is 135 Å². The molecule has 0 fully saturated rings. The van der Waals surface area contributed by atoms with Gasteiger partial charge in [0.1, 0.15) is 0 Å². The lowest BCUT2D eigenvalue weighted by atomic mass is 9.79. The van der Waals surface area contributed by atoms with Crippen LogP contribution in [0.3, 0.4) is 0 Å². The highest BCUT2D eigenvalue weighted by atomic mass is 32.1. The standard InChI is InChI=1S/C55H38S/c1-55(2)49-24-11-9-17-37(49)47-30-44(45-31-46-38-18-10-12-25-50(38)56-51(46)32-48(45)54(47)55)34-26-28-35(29-27-34)52-40-19-5-7-21-42(40)53(43-22-8-6-20-41(43)52)39-23-13-15-33-14-3-4-16-36(33)39/h3-5,7,9-32H,6,8H2,1-2H3. The van der Waals surface area contributed by atoms with E-state index in [9.17, 15) is 0 Å². The highest BCUT2D eigenvalue weighted by Gasteiger charge is 2.37. The summed E-state index contributed by atoms with van der Waals surface area (Å²) in [5.41, 5.74) is 13.3. The summed E-state index contributed by atoms with van der Waals surface area (Å²) in [7, 11) is 0. The van der Waals surface area contributed by atoms with Gasteiger partial charge in [-0.3, -0.25) is 0 Å². The molecule has 0 atom stereocenters. The molecule has 56 heavy (non-hydrogen) atoms. The van der Waals surface area contributed by atoms with Crippen LogP contribution in [0.2, 0.25) is 0 Å². The van der Waals surface area contributed by atoms with Gasteiger partial charge in [0.25, 0.3) is 0 Å². The van der Waals surface area contributed by atoms with E-state index in [1.807, 2.05) is 11.3 Å². The molecule has 12 rings (SSSR count). The summed E-state index contributed by atoms with van der Waals surface area (Å²) in [6, 6.07) is 59.6. The summed E-state index contributed by atoms with van der Waals surface area (Å²) >= 11 is 1.91. The van der Waals surface area contributed by atoms with Gasteiger partial charge in [0.15, 0.2) is 0 Å². The Balaban J connectivity index is 1.10. The van der Waals surface area contributed by atoms with Crippen LogP contribution in [0.4, 0.5) is 0 Å². The van der Waals surface area contributed by atoms with Crippen molar-refractivity contribution in [3.05, 3.63) is 179 Å². The van der Waals surface area contributed by atoms with Crippen LogP contribution in [0.15, 0.2) is 158 Å². The quantitative estimate of drug-likeness (QED) is 0.170. The fraction of sp³-hybridized carbons (Fsp3) is 0.0909. The number of hydrogen-bond donors (Lipinski definition) is 0. The number of rotatable bonds is 3. The van der Waals surface area contributed by atoms with E-state index in [1.54, 1.807) is 0 Å². The fourth-order valence-corrected chi connectivity index (χ4v) is 11.5.